The maximum absolute atomic E-state index is 6.50. The zero-order valence-electron chi connectivity index (χ0n) is 11.7. The van der Waals surface area contributed by atoms with E-state index in [1.165, 1.54) is 16.3 Å². The minimum atomic E-state index is 0.869. The number of hydrogen-bond donors (Lipinski definition) is 0. The van der Waals surface area contributed by atoms with Crippen LogP contribution in [0.4, 0.5) is 0 Å². The molecule has 0 radical (unpaired) electrons. The summed E-state index contributed by atoms with van der Waals surface area (Å²) >= 11 is 6.50. The Morgan fingerprint density at radius 1 is 0.737 bits per heavy atom. The van der Waals surface area contributed by atoms with Gasteiger partial charge in [-0.25, -0.2) is 0 Å². The fourth-order valence-corrected chi connectivity index (χ4v) is 2.88. The van der Waals surface area contributed by atoms with E-state index in [-0.39, 0.29) is 0 Å². The van der Waals surface area contributed by atoms with E-state index in [0.717, 1.165) is 22.2 Å². The predicted molar refractivity (Wildman–Crippen MR) is 87.2 cm³/mol. The lowest BCUT2D eigenvalue weighted by Crippen LogP contribution is -1.88. The molecule has 0 atom stereocenters. The van der Waals surface area contributed by atoms with Crippen molar-refractivity contribution in [2.24, 2.45) is 0 Å². The van der Waals surface area contributed by atoms with Crippen LogP contribution in [0.1, 0.15) is 26.3 Å². The fourth-order valence-electron chi connectivity index (χ4n) is 2.55. The van der Waals surface area contributed by atoms with Gasteiger partial charge in [0.2, 0.25) is 0 Å². The molecule has 0 aliphatic rings. The van der Waals surface area contributed by atoms with Crippen LogP contribution in [0.25, 0.3) is 21.5 Å². The second-order valence-electron chi connectivity index (χ2n) is 4.24. The SMILES string of the molecule is CC.CCc1c2ccccc2c(Cl)c2ccccc12. The standard InChI is InChI=1S/C16H13Cl.C2H6/c1-2-11-12-7-3-5-9-14(12)16(17)15-10-6-4-8-13(11)15;1-2/h3-10H,2H2,1H3;1-2H3. The smallest absolute Gasteiger partial charge is 0.0562 e. The molecular weight excluding hydrogens is 252 g/mol. The van der Waals surface area contributed by atoms with Crippen LogP contribution in [0.5, 0.6) is 0 Å². The Morgan fingerprint density at radius 2 is 1.11 bits per heavy atom. The molecule has 0 saturated carbocycles. The van der Waals surface area contributed by atoms with Crippen LogP contribution in [0.15, 0.2) is 48.5 Å². The summed E-state index contributed by atoms with van der Waals surface area (Å²) in [5.74, 6) is 0. The van der Waals surface area contributed by atoms with Crippen LogP contribution in [-0.4, -0.2) is 0 Å². The molecule has 19 heavy (non-hydrogen) atoms. The van der Waals surface area contributed by atoms with E-state index in [2.05, 4.69) is 43.3 Å². The quantitative estimate of drug-likeness (QED) is 0.460. The molecule has 3 aromatic rings. The number of halogens is 1. The highest BCUT2D eigenvalue weighted by atomic mass is 35.5. The molecule has 0 saturated heterocycles. The van der Waals surface area contributed by atoms with Gasteiger partial charge < -0.3 is 0 Å². The van der Waals surface area contributed by atoms with Crippen molar-refractivity contribution in [3.8, 4) is 0 Å². The second-order valence-corrected chi connectivity index (χ2v) is 4.62. The summed E-state index contributed by atoms with van der Waals surface area (Å²) < 4.78 is 0. The molecule has 3 rings (SSSR count). The van der Waals surface area contributed by atoms with Gasteiger partial charge in [0.1, 0.15) is 0 Å². The molecule has 98 valence electrons. The molecular formula is C18H19Cl. The number of fused-ring (bicyclic) bond motifs is 2. The number of hydrogen-bond acceptors (Lipinski definition) is 0. The van der Waals surface area contributed by atoms with Crippen molar-refractivity contribution in [1.82, 2.24) is 0 Å². The van der Waals surface area contributed by atoms with Crippen molar-refractivity contribution in [2.45, 2.75) is 27.2 Å². The molecule has 0 amide bonds. The Labute approximate surface area is 120 Å². The van der Waals surface area contributed by atoms with E-state index in [1.54, 1.807) is 0 Å². The van der Waals surface area contributed by atoms with Crippen LogP contribution >= 0.6 is 11.6 Å². The van der Waals surface area contributed by atoms with E-state index in [0.29, 0.717) is 0 Å². The summed E-state index contributed by atoms with van der Waals surface area (Å²) in [5, 5.41) is 5.74. The molecule has 0 spiro atoms. The van der Waals surface area contributed by atoms with Gasteiger partial charge in [0, 0.05) is 10.8 Å². The number of aryl methyl sites for hydroxylation is 1. The number of rotatable bonds is 1. The van der Waals surface area contributed by atoms with Crippen LogP contribution in [0.3, 0.4) is 0 Å². The minimum absolute atomic E-state index is 0.869. The van der Waals surface area contributed by atoms with E-state index in [4.69, 9.17) is 11.6 Å². The van der Waals surface area contributed by atoms with Crippen LogP contribution in [0, 0.1) is 0 Å². The zero-order chi connectivity index (χ0) is 13.8. The van der Waals surface area contributed by atoms with Gasteiger partial charge in [-0.05, 0) is 22.8 Å². The Kier molecular flexibility index (Phi) is 4.44. The Morgan fingerprint density at radius 3 is 1.47 bits per heavy atom. The normalized spacial score (nSPS) is 10.3. The van der Waals surface area contributed by atoms with Crippen molar-refractivity contribution >= 4 is 33.1 Å². The average Bonchev–Trinajstić information content (AvgIpc) is 2.50. The largest absolute Gasteiger partial charge is 0.0830 e. The molecule has 0 aromatic heterocycles. The highest BCUT2D eigenvalue weighted by Gasteiger charge is 2.10. The predicted octanol–water partition coefficient (Wildman–Crippen LogP) is 6.24. The molecule has 0 fully saturated rings. The van der Waals surface area contributed by atoms with Crippen molar-refractivity contribution in [1.29, 1.82) is 0 Å². The molecule has 0 aliphatic carbocycles. The topological polar surface area (TPSA) is 0 Å². The summed E-state index contributed by atoms with van der Waals surface area (Å²) in [5.41, 5.74) is 1.39. The van der Waals surface area contributed by atoms with Crippen molar-refractivity contribution < 1.29 is 0 Å². The first-order valence-corrected chi connectivity index (χ1v) is 7.28. The maximum Gasteiger partial charge on any atom is 0.0562 e. The van der Waals surface area contributed by atoms with Crippen molar-refractivity contribution in [3.05, 3.63) is 59.1 Å². The van der Waals surface area contributed by atoms with E-state index in [1.807, 2.05) is 26.0 Å². The maximum atomic E-state index is 6.50. The summed E-state index contributed by atoms with van der Waals surface area (Å²) in [6.07, 6.45) is 1.03. The molecule has 1 heteroatoms. The van der Waals surface area contributed by atoms with E-state index >= 15 is 0 Å². The van der Waals surface area contributed by atoms with E-state index in [9.17, 15) is 0 Å². The van der Waals surface area contributed by atoms with Gasteiger partial charge >= 0.3 is 0 Å². The lowest BCUT2D eigenvalue weighted by molar-refractivity contribution is 1.18. The summed E-state index contributed by atoms with van der Waals surface area (Å²) in [7, 11) is 0. The fraction of sp³-hybridized carbons (Fsp3) is 0.222. The third kappa shape index (κ3) is 2.33. The van der Waals surface area contributed by atoms with Crippen molar-refractivity contribution in [3.63, 3.8) is 0 Å². The summed E-state index contributed by atoms with van der Waals surface area (Å²) in [6.45, 7) is 6.20. The molecule has 0 heterocycles. The highest BCUT2D eigenvalue weighted by Crippen LogP contribution is 2.36. The van der Waals surface area contributed by atoms with Crippen LogP contribution in [0.2, 0.25) is 5.02 Å². The monoisotopic (exact) mass is 270 g/mol. The highest BCUT2D eigenvalue weighted by molar-refractivity contribution is 6.41. The average molecular weight is 271 g/mol. The lowest BCUT2D eigenvalue weighted by Gasteiger charge is -2.11. The van der Waals surface area contributed by atoms with Gasteiger partial charge in [-0.1, -0.05) is 80.9 Å². The second kappa shape index (κ2) is 6.08. The lowest BCUT2D eigenvalue weighted by atomic mass is 9.95. The molecule has 0 N–H and O–H groups in total. The van der Waals surface area contributed by atoms with Crippen LogP contribution < -0.4 is 0 Å². The Bertz CT molecular complexity index is 641. The third-order valence-electron chi connectivity index (χ3n) is 3.33. The first-order valence-electron chi connectivity index (χ1n) is 6.90. The van der Waals surface area contributed by atoms with Gasteiger partial charge in [-0.2, -0.15) is 0 Å². The summed E-state index contributed by atoms with van der Waals surface area (Å²) in [6, 6.07) is 16.8. The zero-order valence-corrected chi connectivity index (χ0v) is 12.5. The van der Waals surface area contributed by atoms with Gasteiger partial charge in [0.15, 0.2) is 0 Å². The minimum Gasteiger partial charge on any atom is -0.0830 e. The van der Waals surface area contributed by atoms with E-state index < -0.39 is 0 Å². The Hall–Kier alpha value is -1.53. The third-order valence-corrected chi connectivity index (χ3v) is 3.74. The molecule has 3 aromatic carbocycles. The van der Waals surface area contributed by atoms with Gasteiger partial charge in [-0.15, -0.1) is 0 Å². The molecule has 0 unspecified atom stereocenters. The first-order chi connectivity index (χ1) is 9.33. The van der Waals surface area contributed by atoms with Gasteiger partial charge in [-0.3, -0.25) is 0 Å². The molecule has 0 aliphatic heterocycles. The number of benzene rings is 3. The van der Waals surface area contributed by atoms with Crippen LogP contribution in [-0.2, 0) is 6.42 Å². The molecule has 0 bridgehead atoms. The first kappa shape index (κ1) is 13.9. The van der Waals surface area contributed by atoms with Crippen molar-refractivity contribution in [2.75, 3.05) is 0 Å². The Balaban J connectivity index is 0.000000637. The van der Waals surface area contributed by atoms with Gasteiger partial charge in [0.05, 0.1) is 5.02 Å². The van der Waals surface area contributed by atoms with Gasteiger partial charge in [0.25, 0.3) is 0 Å². The molecule has 0 nitrogen and oxygen atoms in total. The summed E-state index contributed by atoms with van der Waals surface area (Å²) in [4.78, 5) is 0.